The van der Waals surface area contributed by atoms with Crippen LogP contribution >= 0.6 is 12.2 Å². The lowest BCUT2D eigenvalue weighted by Crippen LogP contribution is -2.51. The van der Waals surface area contributed by atoms with Crippen molar-refractivity contribution in [2.45, 2.75) is 38.3 Å². The molecule has 2 fully saturated rings. The van der Waals surface area contributed by atoms with Crippen LogP contribution in [0.4, 0.5) is 0 Å². The fraction of sp³-hybridized carbons (Fsp3) is 0.444. The second-order valence-electron chi connectivity index (χ2n) is 7.12. The molecule has 2 aliphatic carbocycles. The number of amides is 1. The van der Waals surface area contributed by atoms with E-state index < -0.39 is 0 Å². The molecule has 3 atom stereocenters. The number of nitrogens with one attached hydrogen (secondary N) is 3. The monoisotopic (exact) mass is 371 g/mol. The maximum atomic E-state index is 12.4. The van der Waals surface area contributed by atoms with Crippen LogP contribution in [0.3, 0.4) is 0 Å². The SMILES string of the molecule is O=C(Cn1ncc2ccccc2c1=O)NNC(=S)N[C@@H]1C[C@@H]2CC[C@H]1C2. The molecule has 1 amide bonds. The molecule has 2 aromatic rings. The van der Waals surface area contributed by atoms with Gasteiger partial charge in [-0.1, -0.05) is 24.6 Å². The first-order valence-corrected chi connectivity index (χ1v) is 9.31. The van der Waals surface area contributed by atoms with E-state index in [0.29, 0.717) is 22.5 Å². The fourth-order valence-corrected chi connectivity index (χ4v) is 4.37. The van der Waals surface area contributed by atoms with Crippen LogP contribution in [-0.2, 0) is 11.3 Å². The van der Waals surface area contributed by atoms with E-state index in [4.69, 9.17) is 12.2 Å². The number of nitrogens with zero attached hydrogens (tertiary/aromatic N) is 2. The van der Waals surface area contributed by atoms with E-state index in [9.17, 15) is 9.59 Å². The molecule has 2 bridgehead atoms. The number of hydrogen-bond donors (Lipinski definition) is 3. The van der Waals surface area contributed by atoms with Gasteiger partial charge in [-0.25, -0.2) is 4.68 Å². The normalized spacial score (nSPS) is 23.8. The number of thiocarbonyl (C=S) groups is 1. The second kappa shape index (κ2) is 7.03. The average molecular weight is 371 g/mol. The molecule has 0 radical (unpaired) electrons. The molecule has 2 aliphatic rings. The quantitative estimate of drug-likeness (QED) is 0.553. The molecule has 7 nitrogen and oxygen atoms in total. The van der Waals surface area contributed by atoms with Crippen molar-refractivity contribution in [1.82, 2.24) is 25.9 Å². The minimum Gasteiger partial charge on any atom is -0.358 e. The van der Waals surface area contributed by atoms with Crippen molar-refractivity contribution in [2.75, 3.05) is 0 Å². The van der Waals surface area contributed by atoms with Gasteiger partial charge in [0.15, 0.2) is 5.11 Å². The van der Waals surface area contributed by atoms with Gasteiger partial charge in [-0.2, -0.15) is 5.10 Å². The first-order valence-electron chi connectivity index (χ1n) is 8.90. The Morgan fingerprint density at radius 2 is 2.08 bits per heavy atom. The predicted molar refractivity (Wildman–Crippen MR) is 102 cm³/mol. The minimum atomic E-state index is -0.382. The Bertz CT molecular complexity index is 912. The van der Waals surface area contributed by atoms with E-state index in [-0.39, 0.29) is 18.0 Å². The van der Waals surface area contributed by atoms with E-state index in [1.54, 1.807) is 18.3 Å². The Balaban J connectivity index is 1.31. The van der Waals surface area contributed by atoms with E-state index in [1.807, 2.05) is 12.1 Å². The van der Waals surface area contributed by atoms with Crippen LogP contribution in [-0.4, -0.2) is 26.8 Å². The van der Waals surface area contributed by atoms with Crippen molar-refractivity contribution in [3.8, 4) is 0 Å². The number of hydrazine groups is 1. The highest BCUT2D eigenvalue weighted by Gasteiger charge is 2.39. The van der Waals surface area contributed by atoms with Gasteiger partial charge in [0.25, 0.3) is 11.5 Å². The van der Waals surface area contributed by atoms with E-state index in [2.05, 4.69) is 21.3 Å². The third-order valence-corrected chi connectivity index (χ3v) is 5.65. The molecule has 1 aromatic heterocycles. The zero-order valence-electron chi connectivity index (χ0n) is 14.3. The summed E-state index contributed by atoms with van der Waals surface area (Å²) in [7, 11) is 0. The second-order valence-corrected chi connectivity index (χ2v) is 7.53. The molecular weight excluding hydrogens is 350 g/mol. The van der Waals surface area contributed by atoms with Gasteiger partial charge in [0.2, 0.25) is 0 Å². The van der Waals surface area contributed by atoms with Crippen LogP contribution in [0.15, 0.2) is 35.3 Å². The summed E-state index contributed by atoms with van der Waals surface area (Å²) in [6, 6.07) is 7.57. The van der Waals surface area contributed by atoms with Crippen molar-refractivity contribution in [3.63, 3.8) is 0 Å². The molecule has 1 aromatic carbocycles. The summed E-state index contributed by atoms with van der Waals surface area (Å²) in [4.78, 5) is 24.5. The predicted octanol–water partition coefficient (Wildman–Crippen LogP) is 1.08. The first-order chi connectivity index (χ1) is 12.6. The van der Waals surface area contributed by atoms with Crippen molar-refractivity contribution in [2.24, 2.45) is 11.8 Å². The number of rotatable bonds is 3. The van der Waals surface area contributed by atoms with Gasteiger partial charge in [0.1, 0.15) is 6.54 Å². The van der Waals surface area contributed by atoms with Crippen molar-refractivity contribution in [3.05, 3.63) is 40.8 Å². The maximum Gasteiger partial charge on any atom is 0.275 e. The average Bonchev–Trinajstić information content (AvgIpc) is 3.26. The topological polar surface area (TPSA) is 88.0 Å². The van der Waals surface area contributed by atoms with Crippen molar-refractivity contribution in [1.29, 1.82) is 0 Å². The Morgan fingerprint density at radius 3 is 2.85 bits per heavy atom. The number of aromatic nitrogens is 2. The van der Waals surface area contributed by atoms with E-state index in [0.717, 1.165) is 22.4 Å². The summed E-state index contributed by atoms with van der Waals surface area (Å²) >= 11 is 5.26. The van der Waals surface area contributed by atoms with Crippen LogP contribution in [0.1, 0.15) is 25.7 Å². The smallest absolute Gasteiger partial charge is 0.275 e. The third kappa shape index (κ3) is 3.41. The number of carbonyl (C=O) groups excluding carboxylic acids is 1. The molecule has 8 heteroatoms. The van der Waals surface area contributed by atoms with Gasteiger partial charge < -0.3 is 5.32 Å². The van der Waals surface area contributed by atoms with Crippen LogP contribution < -0.4 is 21.7 Å². The summed E-state index contributed by atoms with van der Waals surface area (Å²) < 4.78 is 1.14. The van der Waals surface area contributed by atoms with Gasteiger partial charge >= 0.3 is 0 Å². The molecule has 0 aliphatic heterocycles. The van der Waals surface area contributed by atoms with Gasteiger partial charge in [-0.05, 0) is 49.4 Å². The van der Waals surface area contributed by atoms with Gasteiger partial charge in [-0.15, -0.1) is 0 Å². The molecule has 0 unspecified atom stereocenters. The van der Waals surface area contributed by atoms with Crippen molar-refractivity contribution >= 4 is 34.0 Å². The zero-order valence-corrected chi connectivity index (χ0v) is 15.1. The molecule has 3 N–H and O–H groups in total. The van der Waals surface area contributed by atoms with Gasteiger partial charge in [0.05, 0.1) is 11.6 Å². The Morgan fingerprint density at radius 1 is 1.23 bits per heavy atom. The van der Waals surface area contributed by atoms with Gasteiger partial charge in [-0.3, -0.25) is 20.4 Å². The molecule has 1 heterocycles. The lowest BCUT2D eigenvalue weighted by Gasteiger charge is -2.24. The minimum absolute atomic E-state index is 0.173. The highest BCUT2D eigenvalue weighted by atomic mass is 32.1. The Kier molecular flexibility index (Phi) is 4.58. The standard InChI is InChI=1S/C18H21N5O2S/c24-16(10-23-17(25)14-4-2-1-3-13(14)9-19-23)21-22-18(26)20-15-8-11-5-6-12(15)7-11/h1-4,9,11-12,15H,5-8,10H2,(H,21,24)(H2,20,22,26)/t11-,12+,15-/m1/s1. The fourth-order valence-electron chi connectivity index (χ4n) is 4.17. The highest BCUT2D eigenvalue weighted by molar-refractivity contribution is 7.80. The van der Waals surface area contributed by atoms with Gasteiger partial charge in [0, 0.05) is 11.4 Å². The van der Waals surface area contributed by atoms with Crippen LogP contribution in [0.5, 0.6) is 0 Å². The number of hydrogen-bond acceptors (Lipinski definition) is 4. The first kappa shape index (κ1) is 17.0. The largest absolute Gasteiger partial charge is 0.358 e. The summed E-state index contributed by atoms with van der Waals surface area (Å²) in [6.45, 7) is -0.173. The lowest BCUT2D eigenvalue weighted by molar-refractivity contribution is -0.122. The summed E-state index contributed by atoms with van der Waals surface area (Å²) in [6.07, 6.45) is 6.60. The molecule has 0 spiro atoms. The summed E-state index contributed by atoms with van der Waals surface area (Å²) in [5, 5.41) is 9.04. The third-order valence-electron chi connectivity index (χ3n) is 5.43. The van der Waals surface area contributed by atoms with Crippen LogP contribution in [0, 0.1) is 11.8 Å². The lowest BCUT2D eigenvalue weighted by atomic mass is 9.96. The molecular formula is C18H21N5O2S. The highest BCUT2D eigenvalue weighted by Crippen LogP contribution is 2.44. The molecule has 136 valence electrons. The van der Waals surface area contributed by atoms with E-state index >= 15 is 0 Å². The van der Waals surface area contributed by atoms with Crippen LogP contribution in [0.2, 0.25) is 0 Å². The zero-order chi connectivity index (χ0) is 18.1. The Hall–Kier alpha value is -2.48. The number of benzene rings is 1. The number of fused-ring (bicyclic) bond motifs is 3. The van der Waals surface area contributed by atoms with Crippen molar-refractivity contribution < 1.29 is 4.79 Å². The summed E-state index contributed by atoms with van der Waals surface area (Å²) in [5.74, 6) is 1.13. The Labute approximate surface area is 156 Å². The molecule has 26 heavy (non-hydrogen) atoms. The molecule has 4 rings (SSSR count). The molecule has 0 saturated heterocycles. The maximum absolute atomic E-state index is 12.4. The number of carbonyl (C=O) groups is 1. The summed E-state index contributed by atoms with van der Waals surface area (Å²) in [5.41, 5.74) is 4.96. The molecule has 2 saturated carbocycles. The van der Waals surface area contributed by atoms with E-state index in [1.165, 1.54) is 19.3 Å². The van der Waals surface area contributed by atoms with Crippen LogP contribution in [0.25, 0.3) is 10.8 Å².